The highest BCUT2D eigenvalue weighted by Gasteiger charge is 2.10. The molecular formula is C14H18FN3S. The molecule has 1 aromatic carbocycles. The third-order valence-corrected chi connectivity index (χ3v) is 3.96. The van der Waals surface area contributed by atoms with Gasteiger partial charge in [0.25, 0.3) is 0 Å². The topological polar surface area (TPSA) is 42.1 Å². The predicted octanol–water partition coefficient (Wildman–Crippen LogP) is 3.33. The lowest BCUT2D eigenvalue weighted by Gasteiger charge is -2.22. The van der Waals surface area contributed by atoms with E-state index in [9.17, 15) is 4.39 Å². The van der Waals surface area contributed by atoms with Crippen molar-refractivity contribution < 1.29 is 4.39 Å². The lowest BCUT2D eigenvalue weighted by Crippen LogP contribution is -2.22. The average molecular weight is 279 g/mol. The lowest BCUT2D eigenvalue weighted by atomic mass is 10.2. The van der Waals surface area contributed by atoms with Gasteiger partial charge in [-0.05, 0) is 32.0 Å². The molecule has 19 heavy (non-hydrogen) atoms. The number of halogens is 1. The Bertz CT molecular complexity index is 539. The molecule has 1 atom stereocenters. The van der Waals surface area contributed by atoms with Gasteiger partial charge in [0.2, 0.25) is 0 Å². The highest BCUT2D eigenvalue weighted by Crippen LogP contribution is 2.21. The molecule has 0 aliphatic heterocycles. The summed E-state index contributed by atoms with van der Waals surface area (Å²) in [4.78, 5) is 6.59. The maximum atomic E-state index is 13.3. The first-order chi connectivity index (χ1) is 9.10. The highest BCUT2D eigenvalue weighted by atomic mass is 32.1. The monoisotopic (exact) mass is 279 g/mol. The van der Waals surface area contributed by atoms with Gasteiger partial charge in [-0.2, -0.15) is 0 Å². The fraction of sp³-hybridized carbons (Fsp3) is 0.357. The van der Waals surface area contributed by atoms with Crippen LogP contribution in [-0.2, 0) is 6.54 Å². The first-order valence-electron chi connectivity index (χ1n) is 6.30. The molecule has 0 aliphatic rings. The molecule has 0 saturated heterocycles. The summed E-state index contributed by atoms with van der Waals surface area (Å²) in [6.07, 6.45) is 0. The van der Waals surface area contributed by atoms with Gasteiger partial charge >= 0.3 is 0 Å². The van der Waals surface area contributed by atoms with Crippen LogP contribution in [0.5, 0.6) is 0 Å². The van der Waals surface area contributed by atoms with Gasteiger partial charge < -0.3 is 10.6 Å². The van der Waals surface area contributed by atoms with E-state index in [1.165, 1.54) is 6.07 Å². The van der Waals surface area contributed by atoms with E-state index in [1.54, 1.807) is 23.5 Å². The van der Waals surface area contributed by atoms with Crippen molar-refractivity contribution in [2.24, 2.45) is 5.73 Å². The van der Waals surface area contributed by atoms with Gasteiger partial charge in [0.15, 0.2) is 0 Å². The molecule has 2 aromatic rings. The van der Waals surface area contributed by atoms with Gasteiger partial charge in [-0.25, -0.2) is 9.37 Å². The Morgan fingerprint density at radius 2 is 2.26 bits per heavy atom. The molecule has 2 rings (SSSR count). The Morgan fingerprint density at radius 1 is 1.47 bits per heavy atom. The summed E-state index contributed by atoms with van der Waals surface area (Å²) >= 11 is 1.57. The summed E-state index contributed by atoms with van der Waals surface area (Å²) in [5, 5.41) is 2.95. The molecule has 0 aliphatic carbocycles. The van der Waals surface area contributed by atoms with Crippen molar-refractivity contribution in [1.29, 1.82) is 0 Å². The largest absolute Gasteiger partial charge is 0.366 e. The van der Waals surface area contributed by atoms with E-state index >= 15 is 0 Å². The number of anilines is 1. The number of nitrogens with zero attached hydrogens (tertiary/aromatic N) is 2. The molecule has 0 spiro atoms. The van der Waals surface area contributed by atoms with E-state index in [4.69, 9.17) is 5.73 Å². The molecule has 0 saturated carbocycles. The Hall–Kier alpha value is -1.46. The molecule has 3 nitrogen and oxygen atoms in total. The van der Waals surface area contributed by atoms with Crippen molar-refractivity contribution in [2.45, 2.75) is 26.4 Å². The number of hydrogen-bond acceptors (Lipinski definition) is 4. The molecule has 2 N–H and O–H groups in total. The number of thiazole rings is 1. The molecule has 0 radical (unpaired) electrons. The zero-order valence-corrected chi connectivity index (χ0v) is 12.0. The minimum absolute atomic E-state index is 0.0389. The predicted molar refractivity (Wildman–Crippen MR) is 77.8 cm³/mol. The standard InChI is InChI=1S/C14H18FN3S/c1-3-18(13-6-4-5-11(15)7-13)8-12-9-19-14(17-12)10(2)16/h4-7,9-10H,3,8,16H2,1-2H3. The molecule has 0 bridgehead atoms. The van der Waals surface area contributed by atoms with E-state index in [1.807, 2.05) is 25.3 Å². The normalized spacial score (nSPS) is 12.4. The first kappa shape index (κ1) is 14.0. The Labute approximate surface area is 116 Å². The van der Waals surface area contributed by atoms with E-state index < -0.39 is 0 Å². The van der Waals surface area contributed by atoms with Crippen LogP contribution in [0.2, 0.25) is 0 Å². The molecule has 1 unspecified atom stereocenters. The van der Waals surface area contributed by atoms with Crippen LogP contribution in [0.25, 0.3) is 0 Å². The van der Waals surface area contributed by atoms with Crippen LogP contribution >= 0.6 is 11.3 Å². The fourth-order valence-corrected chi connectivity index (χ4v) is 2.63. The molecule has 0 amide bonds. The maximum Gasteiger partial charge on any atom is 0.125 e. The first-order valence-corrected chi connectivity index (χ1v) is 7.18. The second-order valence-corrected chi connectivity index (χ2v) is 5.35. The number of rotatable bonds is 5. The molecule has 1 aromatic heterocycles. The Morgan fingerprint density at radius 3 is 2.84 bits per heavy atom. The van der Waals surface area contributed by atoms with Crippen molar-refractivity contribution in [3.05, 3.63) is 46.2 Å². The number of aromatic nitrogens is 1. The minimum atomic E-state index is -0.217. The van der Waals surface area contributed by atoms with E-state index in [2.05, 4.69) is 9.88 Å². The minimum Gasteiger partial charge on any atom is -0.366 e. The number of nitrogens with two attached hydrogens (primary N) is 1. The number of hydrogen-bond donors (Lipinski definition) is 1. The number of benzene rings is 1. The second-order valence-electron chi connectivity index (χ2n) is 4.46. The molecule has 1 heterocycles. The van der Waals surface area contributed by atoms with Crippen molar-refractivity contribution in [3.8, 4) is 0 Å². The molecule has 5 heteroatoms. The Kier molecular flexibility index (Phi) is 4.50. The van der Waals surface area contributed by atoms with Gasteiger partial charge in [0.1, 0.15) is 10.8 Å². The lowest BCUT2D eigenvalue weighted by molar-refractivity contribution is 0.626. The van der Waals surface area contributed by atoms with Gasteiger partial charge in [0, 0.05) is 17.6 Å². The van der Waals surface area contributed by atoms with Crippen LogP contribution < -0.4 is 10.6 Å². The van der Waals surface area contributed by atoms with Crippen LogP contribution in [0.3, 0.4) is 0 Å². The quantitative estimate of drug-likeness (QED) is 0.913. The molecule has 0 fully saturated rings. The highest BCUT2D eigenvalue weighted by molar-refractivity contribution is 7.09. The van der Waals surface area contributed by atoms with Crippen LogP contribution in [-0.4, -0.2) is 11.5 Å². The van der Waals surface area contributed by atoms with Gasteiger partial charge in [-0.1, -0.05) is 6.07 Å². The summed E-state index contributed by atoms with van der Waals surface area (Å²) in [5.41, 5.74) is 7.65. The maximum absolute atomic E-state index is 13.3. The zero-order valence-electron chi connectivity index (χ0n) is 11.1. The van der Waals surface area contributed by atoms with Crippen LogP contribution in [0.15, 0.2) is 29.6 Å². The van der Waals surface area contributed by atoms with Crippen molar-refractivity contribution in [1.82, 2.24) is 4.98 Å². The van der Waals surface area contributed by atoms with Crippen molar-refractivity contribution >= 4 is 17.0 Å². The summed E-state index contributed by atoms with van der Waals surface area (Å²) in [7, 11) is 0. The van der Waals surface area contributed by atoms with Crippen molar-refractivity contribution in [2.75, 3.05) is 11.4 Å². The van der Waals surface area contributed by atoms with Crippen LogP contribution in [0.1, 0.15) is 30.6 Å². The van der Waals surface area contributed by atoms with Gasteiger partial charge in [-0.3, -0.25) is 0 Å². The van der Waals surface area contributed by atoms with Gasteiger partial charge in [-0.15, -0.1) is 11.3 Å². The average Bonchev–Trinajstić information content (AvgIpc) is 2.84. The van der Waals surface area contributed by atoms with E-state index in [0.717, 1.165) is 22.9 Å². The summed E-state index contributed by atoms with van der Waals surface area (Å²) in [5.74, 6) is -0.217. The third-order valence-electron chi connectivity index (χ3n) is 2.87. The summed E-state index contributed by atoms with van der Waals surface area (Å²) < 4.78 is 13.3. The second kappa shape index (κ2) is 6.12. The summed E-state index contributed by atoms with van der Waals surface area (Å²) in [6, 6.07) is 6.59. The SMILES string of the molecule is CCN(Cc1csc(C(C)N)n1)c1cccc(F)c1. The molecule has 102 valence electrons. The molecular weight excluding hydrogens is 261 g/mol. The van der Waals surface area contributed by atoms with E-state index in [-0.39, 0.29) is 11.9 Å². The Balaban J connectivity index is 2.14. The zero-order chi connectivity index (χ0) is 13.8. The van der Waals surface area contributed by atoms with Crippen LogP contribution in [0, 0.1) is 5.82 Å². The smallest absolute Gasteiger partial charge is 0.125 e. The van der Waals surface area contributed by atoms with Crippen LogP contribution in [0.4, 0.5) is 10.1 Å². The van der Waals surface area contributed by atoms with Gasteiger partial charge in [0.05, 0.1) is 18.3 Å². The summed E-state index contributed by atoms with van der Waals surface area (Å²) in [6.45, 7) is 5.44. The fourth-order valence-electron chi connectivity index (χ4n) is 1.86. The van der Waals surface area contributed by atoms with E-state index in [0.29, 0.717) is 6.54 Å². The van der Waals surface area contributed by atoms with Crippen molar-refractivity contribution in [3.63, 3.8) is 0 Å². The third kappa shape index (κ3) is 3.52.